The Hall–Kier alpha value is -6.09. The van der Waals surface area contributed by atoms with E-state index in [0.717, 1.165) is 62.9 Å². The summed E-state index contributed by atoms with van der Waals surface area (Å²) in [6.45, 7) is 10.6. The minimum absolute atomic E-state index is 0.156. The number of pyridine rings is 1. The summed E-state index contributed by atoms with van der Waals surface area (Å²) in [5.41, 5.74) is 8.98. The fourth-order valence-corrected chi connectivity index (χ4v) is 8.24. The van der Waals surface area contributed by atoms with Crippen molar-refractivity contribution in [1.29, 1.82) is 5.26 Å². The van der Waals surface area contributed by atoms with E-state index in [2.05, 4.69) is 49.2 Å². The van der Waals surface area contributed by atoms with Gasteiger partial charge in [0.2, 0.25) is 0 Å². The predicted octanol–water partition coefficient (Wildman–Crippen LogP) is 10.8. The number of halogens is 1. The number of amides is 1. The lowest BCUT2D eigenvalue weighted by Crippen LogP contribution is -2.40. The Labute approximate surface area is 375 Å². The quantitative estimate of drug-likeness (QED) is 0.0870. The van der Waals surface area contributed by atoms with Gasteiger partial charge in [0.15, 0.2) is 0 Å². The predicted molar refractivity (Wildman–Crippen MR) is 243 cm³/mol. The molecular formula is C51H56ClN3O8. The summed E-state index contributed by atoms with van der Waals surface area (Å²) in [6.07, 6.45) is 6.43. The molecule has 63 heavy (non-hydrogen) atoms. The topological polar surface area (TPSA) is 151 Å². The average Bonchev–Trinajstić information content (AvgIpc) is 3.75. The molecule has 1 amide bonds. The number of carbonyl (C=O) groups excluding carboxylic acids is 1. The van der Waals surface area contributed by atoms with Gasteiger partial charge in [0, 0.05) is 30.6 Å². The maximum absolute atomic E-state index is 12.6. The molecule has 2 N–H and O–H groups in total. The minimum atomic E-state index is -0.725. The number of aryl methyl sites for hydroxylation is 1. The Balaban J connectivity index is 1.15. The Morgan fingerprint density at radius 3 is 2.27 bits per heavy atom. The molecule has 1 heterocycles. The highest BCUT2D eigenvalue weighted by Gasteiger charge is 2.30. The third kappa shape index (κ3) is 12.5. The molecule has 0 radical (unpaired) electrons. The van der Waals surface area contributed by atoms with Gasteiger partial charge in [0.1, 0.15) is 48.7 Å². The van der Waals surface area contributed by atoms with Crippen LogP contribution in [-0.4, -0.2) is 64.1 Å². The van der Waals surface area contributed by atoms with Crippen molar-refractivity contribution in [3.05, 3.63) is 130 Å². The first-order valence-corrected chi connectivity index (χ1v) is 21.8. The zero-order chi connectivity index (χ0) is 45.1. The van der Waals surface area contributed by atoms with Crippen molar-refractivity contribution in [2.24, 2.45) is 11.8 Å². The fraction of sp³-hybridized carbons (Fsp3) is 0.373. The molecule has 0 aliphatic heterocycles. The number of aliphatic hydroxyl groups is 1. The summed E-state index contributed by atoms with van der Waals surface area (Å²) in [6, 6.07) is 27.9. The molecule has 1 aromatic heterocycles. The van der Waals surface area contributed by atoms with Gasteiger partial charge in [-0.15, -0.1) is 0 Å². The number of aliphatic carboxylic acids is 1. The van der Waals surface area contributed by atoms with E-state index in [0.29, 0.717) is 53.0 Å². The van der Waals surface area contributed by atoms with Crippen molar-refractivity contribution in [2.45, 2.75) is 85.5 Å². The number of carboxylic acid groups (broad SMARTS) is 1. The van der Waals surface area contributed by atoms with Crippen molar-refractivity contribution in [3.8, 4) is 45.6 Å². The molecule has 5 aromatic rings. The highest BCUT2D eigenvalue weighted by molar-refractivity contribution is 6.32. The molecule has 330 valence electrons. The normalized spacial score (nSPS) is 14.8. The van der Waals surface area contributed by atoms with E-state index in [4.69, 9.17) is 30.5 Å². The van der Waals surface area contributed by atoms with E-state index in [1.165, 1.54) is 11.1 Å². The Bertz CT molecular complexity index is 2420. The number of aromatic nitrogens is 1. The van der Waals surface area contributed by atoms with Gasteiger partial charge in [-0.05, 0) is 141 Å². The number of hydrogen-bond donors (Lipinski definition) is 2. The van der Waals surface area contributed by atoms with Crippen LogP contribution in [0.2, 0.25) is 5.02 Å². The molecule has 11 nitrogen and oxygen atoms in total. The Kier molecular flexibility index (Phi) is 15.7. The van der Waals surface area contributed by atoms with Crippen LogP contribution >= 0.6 is 11.6 Å². The number of ether oxygens (including phenoxy) is 4. The molecule has 0 bridgehead atoms. The van der Waals surface area contributed by atoms with Gasteiger partial charge in [-0.3, -0.25) is 9.78 Å². The fourth-order valence-electron chi connectivity index (χ4n) is 8.00. The largest absolute Gasteiger partial charge is 0.492 e. The number of carbonyl (C=O) groups is 2. The number of carboxylic acids is 1. The van der Waals surface area contributed by atoms with Crippen LogP contribution in [0.4, 0.5) is 4.79 Å². The van der Waals surface area contributed by atoms with Crippen molar-refractivity contribution in [2.75, 3.05) is 26.3 Å². The van der Waals surface area contributed by atoms with E-state index in [-0.39, 0.29) is 45.4 Å². The highest BCUT2D eigenvalue weighted by atomic mass is 35.5. The second-order valence-electron chi connectivity index (χ2n) is 17.0. The molecule has 12 heteroatoms. The number of hydrogen-bond acceptors (Lipinski definition) is 9. The summed E-state index contributed by atoms with van der Waals surface area (Å²) < 4.78 is 24.2. The third-order valence-corrected chi connectivity index (χ3v) is 11.7. The van der Waals surface area contributed by atoms with Crippen molar-refractivity contribution >= 4 is 23.7 Å². The molecule has 4 aromatic carbocycles. The molecule has 1 aliphatic rings. The van der Waals surface area contributed by atoms with Gasteiger partial charge >= 0.3 is 12.1 Å². The number of nitrogens with zero attached hydrogens (tertiary/aromatic N) is 3. The smallest absolute Gasteiger partial charge is 0.410 e. The summed E-state index contributed by atoms with van der Waals surface area (Å²) in [5, 5.41) is 28.8. The lowest BCUT2D eigenvalue weighted by molar-refractivity contribution is -0.141. The Morgan fingerprint density at radius 1 is 0.857 bits per heavy atom. The van der Waals surface area contributed by atoms with E-state index >= 15 is 0 Å². The van der Waals surface area contributed by atoms with E-state index < -0.39 is 17.7 Å². The molecule has 0 spiro atoms. The van der Waals surface area contributed by atoms with E-state index in [1.807, 2.05) is 48.5 Å². The third-order valence-electron chi connectivity index (χ3n) is 11.4. The summed E-state index contributed by atoms with van der Waals surface area (Å²) in [4.78, 5) is 29.8. The molecule has 1 fully saturated rings. The molecule has 1 saturated carbocycles. The lowest BCUT2D eigenvalue weighted by Gasteiger charge is -2.27. The summed E-state index contributed by atoms with van der Waals surface area (Å²) >= 11 is 6.90. The first-order chi connectivity index (χ1) is 30.2. The zero-order valence-electron chi connectivity index (χ0n) is 36.7. The van der Waals surface area contributed by atoms with Crippen molar-refractivity contribution in [1.82, 2.24) is 9.88 Å². The lowest BCUT2D eigenvalue weighted by atomic mass is 9.89. The zero-order valence-corrected chi connectivity index (χ0v) is 37.4. The van der Waals surface area contributed by atoms with Gasteiger partial charge in [0.25, 0.3) is 0 Å². The van der Waals surface area contributed by atoms with Crippen LogP contribution in [0.15, 0.2) is 91.3 Å². The van der Waals surface area contributed by atoms with Crippen molar-refractivity contribution < 1.29 is 38.7 Å². The van der Waals surface area contributed by atoms with Gasteiger partial charge in [-0.2, -0.15) is 5.26 Å². The average molecular weight is 874 g/mol. The van der Waals surface area contributed by atoms with Crippen LogP contribution in [-0.2, 0) is 29.2 Å². The maximum Gasteiger partial charge on any atom is 0.410 e. The molecule has 1 aliphatic carbocycles. The number of aliphatic hydroxyl groups excluding tert-OH is 1. The van der Waals surface area contributed by atoms with Crippen LogP contribution in [0.25, 0.3) is 22.3 Å². The van der Waals surface area contributed by atoms with Crippen LogP contribution in [0, 0.1) is 37.0 Å². The summed E-state index contributed by atoms with van der Waals surface area (Å²) in [7, 11) is 0. The second-order valence-corrected chi connectivity index (χ2v) is 17.5. The van der Waals surface area contributed by atoms with Crippen molar-refractivity contribution in [3.63, 3.8) is 0 Å². The number of rotatable bonds is 18. The van der Waals surface area contributed by atoms with E-state index in [9.17, 15) is 25.1 Å². The van der Waals surface area contributed by atoms with Gasteiger partial charge in [0.05, 0.1) is 29.7 Å². The number of benzene rings is 4. The van der Waals surface area contributed by atoms with E-state index in [1.54, 1.807) is 33.0 Å². The molecular weight excluding hydrogens is 818 g/mol. The van der Waals surface area contributed by atoms with Gasteiger partial charge < -0.3 is 34.1 Å². The van der Waals surface area contributed by atoms with Crippen LogP contribution in [0.5, 0.6) is 17.2 Å². The monoisotopic (exact) mass is 873 g/mol. The molecule has 0 unspecified atom stereocenters. The van der Waals surface area contributed by atoms with Gasteiger partial charge in [-0.1, -0.05) is 60.1 Å². The van der Waals surface area contributed by atoms with Crippen LogP contribution < -0.4 is 14.2 Å². The minimum Gasteiger partial charge on any atom is -0.492 e. The molecule has 0 saturated heterocycles. The second kappa shape index (κ2) is 21.3. The molecule has 6 rings (SSSR count). The molecule has 2 atom stereocenters. The maximum atomic E-state index is 12.6. The number of nitriles is 1. The van der Waals surface area contributed by atoms with Gasteiger partial charge in [-0.25, -0.2) is 4.79 Å². The van der Waals surface area contributed by atoms with Crippen LogP contribution in [0.1, 0.15) is 79.8 Å². The van der Waals surface area contributed by atoms with Crippen LogP contribution in [0.3, 0.4) is 0 Å². The first kappa shape index (κ1) is 46.4. The SMILES string of the molecule is Cc1c(COc2cc(OCc3cncc(C#N)c3)c(CC[C@H]3CC[C@@H](C(=O)O)C3)cc2Cl)cccc1-c1cccc(-c2ccc(OCCN(CCO)C(=O)OC(C)(C)C)cc2)c1C. The standard InChI is InChI=1S/C51H56ClN3O8/c1-33-41(32-62-48-27-47(61-31-37-24-36(28-53)29-54-30-37)39(26-46(48)52)14-12-35-13-15-40(25-35)49(57)58)8-6-10-44(33)45-11-7-9-43(34(45)2)38-16-18-42(19-17-38)60-23-21-55(20-22-56)50(59)63-51(3,4)5/h6-11,16-19,24,26-27,29-30,35,40,56H,12-15,20-23,25,31-32H2,1-5H3,(H,57,58)/t35-,40+/m0/s1. The Morgan fingerprint density at radius 2 is 1.57 bits per heavy atom. The summed E-state index contributed by atoms with van der Waals surface area (Å²) in [5.74, 6) is 1.06. The highest BCUT2D eigenvalue weighted by Crippen LogP contribution is 2.39. The first-order valence-electron chi connectivity index (χ1n) is 21.4.